The van der Waals surface area contributed by atoms with Crippen LogP contribution in [0.5, 0.6) is 11.5 Å². The Bertz CT molecular complexity index is 1770. The molecular weight excluding hydrogens is 544 g/mol. The molecule has 0 heterocycles. The number of ketones is 2. The van der Waals surface area contributed by atoms with Gasteiger partial charge in [0.05, 0.1) is 0 Å². The number of hydrogen-bond acceptors (Lipinski definition) is 6. The lowest BCUT2D eigenvalue weighted by Crippen LogP contribution is -2.19. The summed E-state index contributed by atoms with van der Waals surface area (Å²) >= 11 is 0. The molecule has 0 saturated carbocycles. The summed E-state index contributed by atoms with van der Waals surface area (Å²) in [7, 11) is 0. The topological polar surface area (TPSA) is 111 Å². The number of benzene rings is 5. The van der Waals surface area contributed by atoms with Crippen molar-refractivity contribution >= 4 is 35.1 Å². The van der Waals surface area contributed by atoms with Gasteiger partial charge in [-0.05, 0) is 73.2 Å². The molecule has 0 fully saturated rings. The number of anilines is 2. The number of nitrogens with one attached hydrogen (secondary N) is 2. The molecule has 2 N–H and O–H groups in total. The van der Waals surface area contributed by atoms with Crippen molar-refractivity contribution in [2.24, 2.45) is 0 Å². The molecule has 0 aliphatic heterocycles. The maximum absolute atomic E-state index is 12.6. The van der Waals surface area contributed by atoms with E-state index in [4.69, 9.17) is 9.47 Å². The third kappa shape index (κ3) is 7.39. The summed E-state index contributed by atoms with van der Waals surface area (Å²) in [6.07, 6.45) is -1.49. The number of amides is 2. The summed E-state index contributed by atoms with van der Waals surface area (Å²) in [6.45, 7) is 1.79. The van der Waals surface area contributed by atoms with Gasteiger partial charge in [-0.15, -0.1) is 0 Å². The maximum Gasteiger partial charge on any atom is 0.417 e. The van der Waals surface area contributed by atoms with E-state index in [0.717, 1.165) is 5.56 Å². The highest BCUT2D eigenvalue weighted by atomic mass is 16.6. The van der Waals surface area contributed by atoms with Gasteiger partial charge >= 0.3 is 12.2 Å². The second-order valence-electron chi connectivity index (χ2n) is 9.50. The largest absolute Gasteiger partial charge is 0.417 e. The van der Waals surface area contributed by atoms with E-state index in [1.54, 1.807) is 110 Å². The Morgan fingerprint density at radius 2 is 0.907 bits per heavy atom. The van der Waals surface area contributed by atoms with Crippen LogP contribution in [0.4, 0.5) is 21.0 Å². The van der Waals surface area contributed by atoms with Gasteiger partial charge in [0.1, 0.15) is 11.5 Å². The molecule has 0 aliphatic rings. The number of ether oxygens (including phenoxy) is 2. The van der Waals surface area contributed by atoms with Crippen LogP contribution in [0.15, 0.2) is 127 Å². The van der Waals surface area contributed by atoms with Gasteiger partial charge in [0.2, 0.25) is 0 Å². The van der Waals surface area contributed by atoms with Crippen molar-refractivity contribution in [3.05, 3.63) is 155 Å². The van der Waals surface area contributed by atoms with E-state index in [-0.39, 0.29) is 23.1 Å². The van der Waals surface area contributed by atoms with Gasteiger partial charge in [-0.3, -0.25) is 20.2 Å². The van der Waals surface area contributed by atoms with Crippen LogP contribution in [0.1, 0.15) is 37.4 Å². The number of carbonyl (C=O) groups is 4. The molecule has 5 aromatic carbocycles. The van der Waals surface area contributed by atoms with E-state index in [9.17, 15) is 19.2 Å². The summed E-state index contributed by atoms with van der Waals surface area (Å²) in [5, 5.41) is 5.29. The van der Waals surface area contributed by atoms with Crippen LogP contribution < -0.4 is 20.1 Å². The first-order valence-electron chi connectivity index (χ1n) is 13.3. The predicted octanol–water partition coefficient (Wildman–Crippen LogP) is 7.68. The van der Waals surface area contributed by atoms with Crippen LogP contribution in [-0.2, 0) is 0 Å². The molecule has 5 rings (SSSR count). The Morgan fingerprint density at radius 3 is 1.37 bits per heavy atom. The van der Waals surface area contributed by atoms with Gasteiger partial charge in [0.15, 0.2) is 11.6 Å². The van der Waals surface area contributed by atoms with Crippen molar-refractivity contribution in [1.82, 2.24) is 0 Å². The minimum absolute atomic E-state index is 0.134. The first-order chi connectivity index (χ1) is 20.9. The highest BCUT2D eigenvalue weighted by Gasteiger charge is 2.13. The van der Waals surface area contributed by atoms with Gasteiger partial charge in [-0.2, -0.15) is 0 Å². The highest BCUT2D eigenvalue weighted by Crippen LogP contribution is 2.23. The van der Waals surface area contributed by atoms with Gasteiger partial charge in [-0.1, -0.05) is 66.7 Å². The number of aryl methyl sites for hydroxylation is 1. The summed E-state index contributed by atoms with van der Waals surface area (Å²) < 4.78 is 10.7. The van der Waals surface area contributed by atoms with Gasteiger partial charge in [0, 0.05) is 33.6 Å². The minimum Gasteiger partial charge on any atom is -0.410 e. The second-order valence-corrected chi connectivity index (χ2v) is 9.50. The molecule has 0 radical (unpaired) electrons. The summed E-state index contributed by atoms with van der Waals surface area (Å²) in [6, 6.07) is 35.3. The van der Waals surface area contributed by atoms with Crippen molar-refractivity contribution in [1.29, 1.82) is 0 Å². The predicted molar refractivity (Wildman–Crippen MR) is 163 cm³/mol. The van der Waals surface area contributed by atoms with Crippen LogP contribution >= 0.6 is 0 Å². The fourth-order valence-corrected chi connectivity index (χ4v) is 4.19. The average Bonchev–Trinajstić information content (AvgIpc) is 3.03. The quantitative estimate of drug-likeness (QED) is 0.185. The zero-order valence-electron chi connectivity index (χ0n) is 23.1. The van der Waals surface area contributed by atoms with Crippen molar-refractivity contribution < 1.29 is 28.7 Å². The van der Waals surface area contributed by atoms with E-state index in [1.807, 2.05) is 12.1 Å². The zero-order chi connectivity index (χ0) is 30.2. The Morgan fingerprint density at radius 1 is 0.488 bits per heavy atom. The Kier molecular flexibility index (Phi) is 8.68. The second kappa shape index (κ2) is 13.1. The van der Waals surface area contributed by atoms with Gasteiger partial charge in [0.25, 0.3) is 0 Å². The highest BCUT2D eigenvalue weighted by molar-refractivity contribution is 6.09. The molecule has 0 saturated heterocycles. The fraction of sp³-hybridized carbons (Fsp3) is 0.0286. The summed E-state index contributed by atoms with van der Waals surface area (Å²) in [5.74, 6) is 0.247. The van der Waals surface area contributed by atoms with E-state index in [0.29, 0.717) is 33.6 Å². The maximum atomic E-state index is 12.6. The SMILES string of the molecule is Cc1ccc(NC(=O)Oc2ccc(C(=O)c3ccccc3)cc2)cc1NC(=O)Oc1ccc(C(=O)c2ccccc2)cc1. The first-order valence-corrected chi connectivity index (χ1v) is 13.3. The summed E-state index contributed by atoms with van der Waals surface area (Å²) in [5.41, 5.74) is 3.60. The van der Waals surface area contributed by atoms with Crippen LogP contribution in [0.3, 0.4) is 0 Å². The molecule has 0 aromatic heterocycles. The Balaban J connectivity index is 1.16. The normalized spacial score (nSPS) is 10.3. The first kappa shape index (κ1) is 28.5. The lowest BCUT2D eigenvalue weighted by molar-refractivity contribution is 0.103. The number of carbonyl (C=O) groups excluding carboxylic acids is 4. The van der Waals surface area contributed by atoms with Gasteiger partial charge in [-0.25, -0.2) is 9.59 Å². The molecule has 43 heavy (non-hydrogen) atoms. The van der Waals surface area contributed by atoms with Crippen molar-refractivity contribution in [2.45, 2.75) is 6.92 Å². The van der Waals surface area contributed by atoms with Crippen molar-refractivity contribution in [2.75, 3.05) is 10.6 Å². The molecule has 212 valence electrons. The van der Waals surface area contributed by atoms with Gasteiger partial charge < -0.3 is 9.47 Å². The van der Waals surface area contributed by atoms with Crippen molar-refractivity contribution in [3.8, 4) is 11.5 Å². The molecule has 0 atom stereocenters. The molecular formula is C35H26N2O6. The van der Waals surface area contributed by atoms with Crippen LogP contribution in [0.25, 0.3) is 0 Å². The lowest BCUT2D eigenvalue weighted by atomic mass is 10.0. The van der Waals surface area contributed by atoms with E-state index < -0.39 is 12.2 Å². The number of rotatable bonds is 8. The molecule has 0 bridgehead atoms. The molecule has 0 unspecified atom stereocenters. The smallest absolute Gasteiger partial charge is 0.410 e. The molecule has 5 aromatic rings. The van der Waals surface area contributed by atoms with E-state index in [1.165, 1.54) is 12.1 Å². The Labute approximate surface area is 247 Å². The third-order valence-corrected chi connectivity index (χ3v) is 6.45. The van der Waals surface area contributed by atoms with Crippen molar-refractivity contribution in [3.63, 3.8) is 0 Å². The molecule has 8 nitrogen and oxygen atoms in total. The fourth-order valence-electron chi connectivity index (χ4n) is 4.19. The molecule has 8 heteroatoms. The molecule has 0 aliphatic carbocycles. The van der Waals surface area contributed by atoms with E-state index in [2.05, 4.69) is 10.6 Å². The Hall–Kier alpha value is -6.02. The third-order valence-electron chi connectivity index (χ3n) is 6.45. The molecule has 2 amide bonds. The standard InChI is InChI=1S/C35H26N2O6/c1-23-12-17-28(36-34(40)42-29-18-13-26(14-19-29)32(38)24-8-4-2-5-9-24)22-31(23)37-35(41)43-30-20-15-27(16-21-30)33(39)25-10-6-3-7-11-25/h2-22H,1H3,(H,36,40)(H,37,41). The monoisotopic (exact) mass is 570 g/mol. The van der Waals surface area contributed by atoms with Crippen LogP contribution in [0, 0.1) is 6.92 Å². The van der Waals surface area contributed by atoms with Crippen LogP contribution in [-0.4, -0.2) is 23.8 Å². The number of hydrogen-bond donors (Lipinski definition) is 2. The lowest BCUT2D eigenvalue weighted by Gasteiger charge is -2.12. The van der Waals surface area contributed by atoms with E-state index >= 15 is 0 Å². The van der Waals surface area contributed by atoms with Crippen LogP contribution in [0.2, 0.25) is 0 Å². The summed E-state index contributed by atoms with van der Waals surface area (Å²) in [4.78, 5) is 50.2. The zero-order valence-corrected chi connectivity index (χ0v) is 23.1. The minimum atomic E-state index is -0.746. The average molecular weight is 571 g/mol. The molecule has 0 spiro atoms.